The quantitative estimate of drug-likeness (QED) is 0.842. The van der Waals surface area contributed by atoms with Crippen molar-refractivity contribution in [2.45, 2.75) is 25.4 Å². The Bertz CT molecular complexity index is 466. The van der Waals surface area contributed by atoms with Gasteiger partial charge in [-0.05, 0) is 37.1 Å². The Morgan fingerprint density at radius 1 is 1.26 bits per heavy atom. The molecular weight excluding hydrogens is 275 g/mol. The van der Waals surface area contributed by atoms with Crippen LogP contribution in [0.1, 0.15) is 24.8 Å². The molecule has 0 aliphatic heterocycles. The molecular formula is C13H14F3NOS. The zero-order valence-corrected chi connectivity index (χ0v) is 11.0. The standard InChI is InChI=1S/C13H14F3NOS/c14-13(15,16)9-1-3-10(4-2-9)18-8-12(5-6-12)7-11(17)19/h1-4H,5-8H2,(H2,17,19). The van der Waals surface area contributed by atoms with Crippen molar-refractivity contribution in [3.05, 3.63) is 29.8 Å². The van der Waals surface area contributed by atoms with Crippen molar-refractivity contribution in [3.8, 4) is 5.75 Å². The third-order valence-corrected chi connectivity index (χ3v) is 3.38. The minimum absolute atomic E-state index is 0.00542. The number of halogens is 3. The molecule has 2 rings (SSSR count). The van der Waals surface area contributed by atoms with Gasteiger partial charge >= 0.3 is 6.18 Å². The molecule has 1 aliphatic carbocycles. The van der Waals surface area contributed by atoms with Crippen LogP contribution in [0, 0.1) is 5.41 Å². The lowest BCUT2D eigenvalue weighted by molar-refractivity contribution is -0.137. The highest BCUT2D eigenvalue weighted by Gasteiger charge is 2.43. The smallest absolute Gasteiger partial charge is 0.416 e. The number of hydrogen-bond donors (Lipinski definition) is 1. The van der Waals surface area contributed by atoms with Crippen molar-refractivity contribution in [2.75, 3.05) is 6.61 Å². The highest BCUT2D eigenvalue weighted by atomic mass is 32.1. The van der Waals surface area contributed by atoms with E-state index >= 15 is 0 Å². The van der Waals surface area contributed by atoms with Crippen LogP contribution >= 0.6 is 12.2 Å². The molecule has 0 atom stereocenters. The fourth-order valence-electron chi connectivity index (χ4n) is 1.90. The highest BCUT2D eigenvalue weighted by Crippen LogP contribution is 2.49. The maximum atomic E-state index is 12.4. The van der Waals surface area contributed by atoms with Crippen LogP contribution in [0.3, 0.4) is 0 Å². The van der Waals surface area contributed by atoms with E-state index < -0.39 is 11.7 Å². The molecule has 104 valence electrons. The summed E-state index contributed by atoms with van der Waals surface area (Å²) in [4.78, 5) is 0.452. The second-order valence-electron chi connectivity index (χ2n) is 4.95. The third-order valence-electron chi connectivity index (χ3n) is 3.23. The fourth-order valence-corrected chi connectivity index (χ4v) is 2.20. The number of alkyl halides is 3. The molecule has 1 saturated carbocycles. The molecule has 0 heterocycles. The fraction of sp³-hybridized carbons (Fsp3) is 0.462. The minimum Gasteiger partial charge on any atom is -0.493 e. The minimum atomic E-state index is -4.32. The first-order valence-electron chi connectivity index (χ1n) is 5.89. The second kappa shape index (κ2) is 5.00. The zero-order valence-electron chi connectivity index (χ0n) is 10.2. The summed E-state index contributed by atoms with van der Waals surface area (Å²) in [6, 6.07) is 4.70. The SMILES string of the molecule is NC(=S)CC1(COc2ccc(C(F)(F)F)cc2)CC1. The van der Waals surface area contributed by atoms with Crippen LogP contribution in [0.15, 0.2) is 24.3 Å². The lowest BCUT2D eigenvalue weighted by atomic mass is 10.0. The lowest BCUT2D eigenvalue weighted by Gasteiger charge is -2.15. The summed E-state index contributed by atoms with van der Waals surface area (Å²) in [7, 11) is 0. The first-order valence-corrected chi connectivity index (χ1v) is 6.30. The Kier molecular flexibility index (Phi) is 3.71. The average molecular weight is 289 g/mol. The molecule has 0 aromatic heterocycles. The van der Waals surface area contributed by atoms with Gasteiger partial charge in [0, 0.05) is 11.8 Å². The Hall–Kier alpha value is -1.30. The predicted octanol–water partition coefficient (Wildman–Crippen LogP) is 3.54. The molecule has 2 nitrogen and oxygen atoms in total. The van der Waals surface area contributed by atoms with Crippen molar-refractivity contribution in [3.63, 3.8) is 0 Å². The molecule has 0 bridgehead atoms. The van der Waals surface area contributed by atoms with Crippen LogP contribution in [-0.4, -0.2) is 11.6 Å². The monoisotopic (exact) mass is 289 g/mol. The molecule has 1 aliphatic rings. The van der Waals surface area contributed by atoms with Gasteiger partial charge in [0.2, 0.25) is 0 Å². The molecule has 6 heteroatoms. The summed E-state index contributed by atoms with van der Waals surface area (Å²) in [6.45, 7) is 0.440. The van der Waals surface area contributed by atoms with Gasteiger partial charge in [-0.15, -0.1) is 0 Å². The summed E-state index contributed by atoms with van der Waals surface area (Å²) in [5.41, 5.74) is 4.82. The van der Waals surface area contributed by atoms with Crippen molar-refractivity contribution in [2.24, 2.45) is 11.1 Å². The molecule has 1 aromatic carbocycles. The van der Waals surface area contributed by atoms with Crippen molar-refractivity contribution < 1.29 is 17.9 Å². The van der Waals surface area contributed by atoms with E-state index in [4.69, 9.17) is 22.7 Å². The maximum absolute atomic E-state index is 12.4. The van der Waals surface area contributed by atoms with Crippen LogP contribution in [0.25, 0.3) is 0 Å². The normalized spacial score (nSPS) is 17.0. The summed E-state index contributed by atoms with van der Waals surface area (Å²) in [5, 5.41) is 0. The van der Waals surface area contributed by atoms with Crippen molar-refractivity contribution in [1.82, 2.24) is 0 Å². The molecule has 0 amide bonds. The highest BCUT2D eigenvalue weighted by molar-refractivity contribution is 7.80. The third kappa shape index (κ3) is 3.83. The van der Waals surface area contributed by atoms with Crippen molar-refractivity contribution in [1.29, 1.82) is 0 Å². The largest absolute Gasteiger partial charge is 0.493 e. The van der Waals surface area contributed by atoms with Crippen LogP contribution in [0.5, 0.6) is 5.75 Å². The number of nitrogens with two attached hydrogens (primary N) is 1. The Balaban J connectivity index is 1.92. The van der Waals surface area contributed by atoms with E-state index in [0.717, 1.165) is 25.0 Å². The summed E-state index contributed by atoms with van der Waals surface area (Å²) in [6.07, 6.45) is -1.71. The van der Waals surface area contributed by atoms with Gasteiger partial charge in [-0.1, -0.05) is 12.2 Å². The number of ether oxygens (including phenoxy) is 1. The Labute approximate surface area is 114 Å². The lowest BCUT2D eigenvalue weighted by Crippen LogP contribution is -2.21. The average Bonchev–Trinajstić information content (AvgIpc) is 3.05. The molecule has 0 radical (unpaired) electrons. The Morgan fingerprint density at radius 3 is 2.26 bits per heavy atom. The molecule has 0 unspecified atom stereocenters. The van der Waals surface area contributed by atoms with Gasteiger partial charge in [-0.3, -0.25) is 0 Å². The van der Waals surface area contributed by atoms with Crippen LogP contribution < -0.4 is 10.5 Å². The van der Waals surface area contributed by atoms with Gasteiger partial charge in [-0.25, -0.2) is 0 Å². The molecule has 2 N–H and O–H groups in total. The topological polar surface area (TPSA) is 35.2 Å². The molecule has 0 saturated heterocycles. The molecule has 1 fully saturated rings. The van der Waals surface area contributed by atoms with Gasteiger partial charge in [0.05, 0.1) is 17.2 Å². The number of thiocarbonyl (C=S) groups is 1. The van der Waals surface area contributed by atoms with Crippen LogP contribution in [0.2, 0.25) is 0 Å². The van der Waals surface area contributed by atoms with Gasteiger partial charge in [0.25, 0.3) is 0 Å². The number of rotatable bonds is 5. The zero-order chi connectivity index (χ0) is 14.1. The Morgan fingerprint density at radius 2 is 1.84 bits per heavy atom. The molecule has 1 aromatic rings. The van der Waals surface area contributed by atoms with Gasteiger partial charge < -0.3 is 10.5 Å². The second-order valence-corrected chi connectivity index (χ2v) is 5.48. The van der Waals surface area contributed by atoms with Gasteiger partial charge in [0.15, 0.2) is 0 Å². The van der Waals surface area contributed by atoms with E-state index in [-0.39, 0.29) is 5.41 Å². The summed E-state index contributed by atoms with van der Waals surface area (Å²) < 4.78 is 42.7. The summed E-state index contributed by atoms with van der Waals surface area (Å²) in [5.74, 6) is 0.433. The molecule has 0 spiro atoms. The first kappa shape index (κ1) is 14.1. The number of hydrogen-bond acceptors (Lipinski definition) is 2. The van der Waals surface area contributed by atoms with Crippen LogP contribution in [-0.2, 0) is 6.18 Å². The molecule has 19 heavy (non-hydrogen) atoms. The first-order chi connectivity index (χ1) is 8.81. The van der Waals surface area contributed by atoms with E-state index in [2.05, 4.69) is 0 Å². The van der Waals surface area contributed by atoms with Crippen LogP contribution in [0.4, 0.5) is 13.2 Å². The predicted molar refractivity (Wildman–Crippen MR) is 70.0 cm³/mol. The number of benzene rings is 1. The van der Waals surface area contributed by atoms with Crippen molar-refractivity contribution >= 4 is 17.2 Å². The van der Waals surface area contributed by atoms with E-state index in [1.165, 1.54) is 12.1 Å². The van der Waals surface area contributed by atoms with Gasteiger partial charge in [0.1, 0.15) is 5.75 Å². The summed E-state index contributed by atoms with van der Waals surface area (Å²) >= 11 is 4.87. The van der Waals surface area contributed by atoms with E-state index in [1.807, 2.05) is 0 Å². The van der Waals surface area contributed by atoms with E-state index in [0.29, 0.717) is 23.8 Å². The van der Waals surface area contributed by atoms with Gasteiger partial charge in [-0.2, -0.15) is 13.2 Å². The van der Waals surface area contributed by atoms with E-state index in [1.54, 1.807) is 0 Å². The van der Waals surface area contributed by atoms with E-state index in [9.17, 15) is 13.2 Å². The maximum Gasteiger partial charge on any atom is 0.416 e.